The highest BCUT2D eigenvalue weighted by Gasteiger charge is 2.18. The Morgan fingerprint density at radius 1 is 1.16 bits per heavy atom. The molecule has 1 amide bonds. The molecule has 2 aromatic heterocycles. The van der Waals surface area contributed by atoms with Gasteiger partial charge < -0.3 is 19.4 Å². The monoisotopic (exact) mass is 494 g/mol. The number of anilines is 1. The summed E-state index contributed by atoms with van der Waals surface area (Å²) in [5.41, 5.74) is 1.57. The van der Waals surface area contributed by atoms with Crippen molar-refractivity contribution in [2.24, 2.45) is 0 Å². The molecule has 1 aromatic carbocycles. The van der Waals surface area contributed by atoms with Gasteiger partial charge in [-0.15, -0.1) is 21.5 Å². The van der Waals surface area contributed by atoms with Crippen LogP contribution in [-0.2, 0) is 17.8 Å². The van der Waals surface area contributed by atoms with Crippen molar-refractivity contribution >= 4 is 46.3 Å². The minimum Gasteiger partial charge on any atom is -0.495 e. The number of nitrogens with one attached hydrogen (secondary N) is 1. The molecule has 0 spiro atoms. The molecule has 0 bridgehead atoms. The zero-order valence-corrected chi connectivity index (χ0v) is 21.0. The number of thiophene rings is 1. The fourth-order valence-corrected chi connectivity index (χ4v) is 5.15. The number of thioether (sulfide) groups is 1. The average molecular weight is 495 g/mol. The topological polar surface area (TPSA) is 78.3 Å². The molecule has 172 valence electrons. The predicted octanol–water partition coefficient (Wildman–Crippen LogP) is 5.77. The summed E-state index contributed by atoms with van der Waals surface area (Å²) < 4.78 is 12.6. The van der Waals surface area contributed by atoms with Gasteiger partial charge in [0.1, 0.15) is 11.5 Å². The SMILES string of the molecule is CCCc1cc(-c2nnc(SCC(=O)Nc3cc(OC)c(Cl)cc3OC)n2CCC)cs1. The third-order valence-corrected chi connectivity index (χ3v) is 6.91. The van der Waals surface area contributed by atoms with Crippen molar-refractivity contribution in [1.29, 1.82) is 0 Å². The first-order chi connectivity index (χ1) is 15.5. The number of carbonyl (C=O) groups is 1. The van der Waals surface area contributed by atoms with Crippen molar-refractivity contribution in [3.05, 3.63) is 33.5 Å². The van der Waals surface area contributed by atoms with E-state index < -0.39 is 0 Å². The molecule has 2 heterocycles. The molecule has 3 rings (SSSR count). The largest absolute Gasteiger partial charge is 0.495 e. The smallest absolute Gasteiger partial charge is 0.234 e. The van der Waals surface area contributed by atoms with E-state index in [0.717, 1.165) is 42.4 Å². The van der Waals surface area contributed by atoms with Gasteiger partial charge in [-0.2, -0.15) is 0 Å². The molecular formula is C22H27ClN4O3S2. The van der Waals surface area contributed by atoms with E-state index in [-0.39, 0.29) is 11.7 Å². The number of halogens is 1. The van der Waals surface area contributed by atoms with Crippen LogP contribution in [0.4, 0.5) is 5.69 Å². The van der Waals surface area contributed by atoms with Crippen LogP contribution in [0.1, 0.15) is 31.6 Å². The zero-order valence-electron chi connectivity index (χ0n) is 18.6. The molecular weight excluding hydrogens is 468 g/mol. The van der Waals surface area contributed by atoms with Gasteiger partial charge in [0.2, 0.25) is 5.91 Å². The predicted molar refractivity (Wildman–Crippen MR) is 132 cm³/mol. The summed E-state index contributed by atoms with van der Waals surface area (Å²) in [6, 6.07) is 5.44. The van der Waals surface area contributed by atoms with E-state index in [1.54, 1.807) is 23.5 Å². The van der Waals surface area contributed by atoms with Gasteiger partial charge in [-0.3, -0.25) is 4.79 Å². The van der Waals surface area contributed by atoms with Crippen LogP contribution in [0.15, 0.2) is 28.7 Å². The molecule has 0 saturated carbocycles. The lowest BCUT2D eigenvalue weighted by Gasteiger charge is -2.13. The lowest BCUT2D eigenvalue weighted by Crippen LogP contribution is -2.15. The summed E-state index contributed by atoms with van der Waals surface area (Å²) >= 11 is 9.24. The minimum absolute atomic E-state index is 0.181. The van der Waals surface area contributed by atoms with E-state index in [1.807, 2.05) is 0 Å². The molecule has 1 N–H and O–H groups in total. The van der Waals surface area contributed by atoms with Crippen LogP contribution >= 0.6 is 34.7 Å². The van der Waals surface area contributed by atoms with Gasteiger partial charge in [-0.25, -0.2) is 0 Å². The van der Waals surface area contributed by atoms with Crippen molar-refractivity contribution in [3.8, 4) is 22.9 Å². The molecule has 7 nitrogen and oxygen atoms in total. The first-order valence-electron chi connectivity index (χ1n) is 10.4. The quantitative estimate of drug-likeness (QED) is 0.341. The zero-order chi connectivity index (χ0) is 23.1. The summed E-state index contributed by atoms with van der Waals surface area (Å²) in [6.07, 6.45) is 3.12. The molecule has 3 aromatic rings. The number of carbonyl (C=O) groups excluding carboxylic acids is 1. The van der Waals surface area contributed by atoms with Crippen LogP contribution in [0.25, 0.3) is 11.4 Å². The standard InChI is InChI=1S/C22H27ClN4O3S2/c1-5-7-15-9-14(12-31-15)21-25-26-22(27(21)8-6-2)32-13-20(28)24-17-11-18(29-3)16(23)10-19(17)30-4/h9-12H,5-8,13H2,1-4H3,(H,24,28). The molecule has 0 saturated heterocycles. The Kier molecular flexibility index (Phi) is 8.84. The number of rotatable bonds is 11. The Morgan fingerprint density at radius 3 is 2.62 bits per heavy atom. The van der Waals surface area contributed by atoms with Crippen LogP contribution in [0.3, 0.4) is 0 Å². The van der Waals surface area contributed by atoms with Crippen molar-refractivity contribution < 1.29 is 14.3 Å². The Morgan fingerprint density at radius 2 is 1.94 bits per heavy atom. The molecule has 0 unspecified atom stereocenters. The second kappa shape index (κ2) is 11.6. The summed E-state index contributed by atoms with van der Waals surface area (Å²) in [4.78, 5) is 14.0. The van der Waals surface area contributed by atoms with E-state index in [4.69, 9.17) is 21.1 Å². The number of aryl methyl sites for hydroxylation is 1. The molecule has 0 fully saturated rings. The van der Waals surface area contributed by atoms with Gasteiger partial charge in [0.15, 0.2) is 11.0 Å². The number of benzene rings is 1. The Balaban J connectivity index is 1.72. The molecule has 0 radical (unpaired) electrons. The molecule has 0 aliphatic rings. The summed E-state index contributed by atoms with van der Waals surface area (Å²) in [7, 11) is 3.04. The number of hydrogen-bond donors (Lipinski definition) is 1. The van der Waals surface area contributed by atoms with E-state index in [1.165, 1.54) is 30.9 Å². The van der Waals surface area contributed by atoms with Crippen LogP contribution in [-0.4, -0.2) is 40.6 Å². The summed E-state index contributed by atoms with van der Waals surface area (Å²) in [6.45, 7) is 5.07. The highest BCUT2D eigenvalue weighted by Crippen LogP contribution is 2.36. The maximum absolute atomic E-state index is 12.6. The second-order valence-corrected chi connectivity index (χ2v) is 9.38. The van der Waals surface area contributed by atoms with Gasteiger partial charge in [0.05, 0.1) is 30.7 Å². The molecule has 10 heteroatoms. The van der Waals surface area contributed by atoms with Crippen molar-refractivity contribution in [2.45, 2.75) is 44.8 Å². The Bertz CT molecular complexity index is 1070. The number of aromatic nitrogens is 3. The first-order valence-corrected chi connectivity index (χ1v) is 12.6. The van der Waals surface area contributed by atoms with Crippen LogP contribution in [0, 0.1) is 0 Å². The number of ether oxygens (including phenoxy) is 2. The van der Waals surface area contributed by atoms with E-state index >= 15 is 0 Å². The van der Waals surface area contributed by atoms with Gasteiger partial charge in [0, 0.05) is 34.5 Å². The van der Waals surface area contributed by atoms with Crippen molar-refractivity contribution in [1.82, 2.24) is 14.8 Å². The average Bonchev–Trinajstić information content (AvgIpc) is 3.40. The van der Waals surface area contributed by atoms with E-state index in [9.17, 15) is 4.79 Å². The Hall–Kier alpha value is -2.23. The number of methoxy groups -OCH3 is 2. The number of amides is 1. The fourth-order valence-electron chi connectivity index (χ4n) is 3.18. The molecule has 0 aliphatic carbocycles. The lowest BCUT2D eigenvalue weighted by molar-refractivity contribution is -0.113. The van der Waals surface area contributed by atoms with Gasteiger partial charge >= 0.3 is 0 Å². The summed E-state index contributed by atoms with van der Waals surface area (Å²) in [5, 5.41) is 14.9. The van der Waals surface area contributed by atoms with Crippen LogP contribution in [0.2, 0.25) is 5.02 Å². The van der Waals surface area contributed by atoms with Gasteiger partial charge in [0.25, 0.3) is 0 Å². The lowest BCUT2D eigenvalue weighted by atomic mass is 10.2. The van der Waals surface area contributed by atoms with Crippen LogP contribution in [0.5, 0.6) is 11.5 Å². The number of nitrogens with zero attached hydrogens (tertiary/aromatic N) is 3. The summed E-state index contributed by atoms with van der Waals surface area (Å²) in [5.74, 6) is 1.76. The molecule has 0 aliphatic heterocycles. The normalized spacial score (nSPS) is 10.9. The maximum Gasteiger partial charge on any atom is 0.234 e. The van der Waals surface area contributed by atoms with Crippen LogP contribution < -0.4 is 14.8 Å². The third-order valence-electron chi connectivity index (χ3n) is 4.65. The first kappa shape index (κ1) is 24.4. The minimum atomic E-state index is -0.189. The van der Waals surface area contributed by atoms with Gasteiger partial charge in [-0.1, -0.05) is 43.6 Å². The molecule has 0 atom stereocenters. The van der Waals surface area contributed by atoms with Crippen molar-refractivity contribution in [3.63, 3.8) is 0 Å². The number of hydrogen-bond acceptors (Lipinski definition) is 7. The third kappa shape index (κ3) is 5.76. The van der Waals surface area contributed by atoms with Crippen molar-refractivity contribution in [2.75, 3.05) is 25.3 Å². The van der Waals surface area contributed by atoms with Gasteiger partial charge in [-0.05, 0) is 18.9 Å². The highest BCUT2D eigenvalue weighted by molar-refractivity contribution is 7.99. The Labute approximate surface area is 201 Å². The van der Waals surface area contributed by atoms with E-state index in [2.05, 4.69) is 45.4 Å². The highest BCUT2D eigenvalue weighted by atomic mass is 35.5. The molecule has 32 heavy (non-hydrogen) atoms. The second-order valence-electron chi connectivity index (χ2n) is 7.03. The fraction of sp³-hybridized carbons (Fsp3) is 0.409. The maximum atomic E-state index is 12.6. The van der Waals surface area contributed by atoms with E-state index in [0.29, 0.717) is 22.2 Å².